The molecule has 0 saturated carbocycles. The van der Waals surface area contributed by atoms with Gasteiger partial charge in [-0.2, -0.15) is 0 Å². The quantitative estimate of drug-likeness (QED) is 0.858. The van der Waals surface area contributed by atoms with E-state index in [0.717, 1.165) is 17.7 Å². The Kier molecular flexibility index (Phi) is 4.07. The predicted molar refractivity (Wildman–Crippen MR) is 72.4 cm³/mol. The van der Waals surface area contributed by atoms with Gasteiger partial charge in [-0.1, -0.05) is 0 Å². The highest BCUT2D eigenvalue weighted by Gasteiger charge is 2.10. The number of aromatic nitrogens is 2. The molecule has 98 valence electrons. The van der Waals surface area contributed by atoms with Crippen LogP contribution < -0.4 is 5.32 Å². The minimum Gasteiger partial charge on any atom is -0.478 e. The summed E-state index contributed by atoms with van der Waals surface area (Å²) >= 11 is 0. The first kappa shape index (κ1) is 13.0. The summed E-state index contributed by atoms with van der Waals surface area (Å²) in [6.45, 7) is 2.46. The maximum atomic E-state index is 11.1. The van der Waals surface area contributed by atoms with Crippen LogP contribution in [-0.4, -0.2) is 27.6 Å². The molecule has 0 aromatic carbocycles. The Morgan fingerprint density at radius 1 is 1.26 bits per heavy atom. The van der Waals surface area contributed by atoms with Gasteiger partial charge in [0.25, 0.3) is 0 Å². The van der Waals surface area contributed by atoms with Crippen molar-refractivity contribution in [3.05, 3.63) is 53.5 Å². The lowest BCUT2D eigenvalue weighted by molar-refractivity contribution is 0.0697. The molecule has 0 radical (unpaired) electrons. The first-order chi connectivity index (χ1) is 9.16. The maximum Gasteiger partial charge on any atom is 0.339 e. The topological polar surface area (TPSA) is 75.1 Å². The minimum absolute atomic E-state index is 0.195. The number of aryl methyl sites for hydroxylation is 1. The van der Waals surface area contributed by atoms with Crippen molar-refractivity contribution in [2.45, 2.75) is 13.3 Å². The number of nitrogens with one attached hydrogen (secondary N) is 1. The molecule has 0 unspecified atom stereocenters. The summed E-state index contributed by atoms with van der Waals surface area (Å²) in [7, 11) is 0. The lowest BCUT2D eigenvalue weighted by Crippen LogP contribution is -2.11. The van der Waals surface area contributed by atoms with Crippen molar-refractivity contribution in [1.29, 1.82) is 0 Å². The van der Waals surface area contributed by atoms with E-state index in [9.17, 15) is 4.79 Å². The van der Waals surface area contributed by atoms with E-state index in [1.165, 1.54) is 0 Å². The molecule has 0 bridgehead atoms. The fourth-order valence-corrected chi connectivity index (χ4v) is 1.74. The largest absolute Gasteiger partial charge is 0.478 e. The number of hydrogen-bond acceptors (Lipinski definition) is 4. The number of hydrogen-bond donors (Lipinski definition) is 2. The molecule has 2 aromatic heterocycles. The molecule has 0 aliphatic carbocycles. The van der Waals surface area contributed by atoms with Crippen molar-refractivity contribution in [2.24, 2.45) is 0 Å². The van der Waals surface area contributed by atoms with Gasteiger partial charge in [-0.3, -0.25) is 4.98 Å². The second-order valence-electron chi connectivity index (χ2n) is 4.19. The van der Waals surface area contributed by atoms with E-state index in [1.54, 1.807) is 24.5 Å². The molecule has 5 heteroatoms. The standard InChI is InChI=1S/C14H15N3O2/c1-10-2-3-12(14(18)19)13(17-10)16-9-6-11-4-7-15-8-5-11/h2-5,7-8H,6,9H2,1H3,(H,16,17)(H,18,19). The van der Waals surface area contributed by atoms with E-state index in [-0.39, 0.29) is 5.56 Å². The molecule has 2 N–H and O–H groups in total. The van der Waals surface area contributed by atoms with Crippen LogP contribution in [0, 0.1) is 6.92 Å². The van der Waals surface area contributed by atoms with Gasteiger partial charge in [-0.05, 0) is 43.2 Å². The lowest BCUT2D eigenvalue weighted by Gasteiger charge is -2.09. The molecular formula is C14H15N3O2. The van der Waals surface area contributed by atoms with Gasteiger partial charge in [0.1, 0.15) is 11.4 Å². The van der Waals surface area contributed by atoms with E-state index < -0.39 is 5.97 Å². The average Bonchev–Trinajstić information content (AvgIpc) is 2.39. The van der Waals surface area contributed by atoms with E-state index >= 15 is 0 Å². The average molecular weight is 257 g/mol. The van der Waals surface area contributed by atoms with Crippen LogP contribution in [0.4, 0.5) is 5.82 Å². The summed E-state index contributed by atoms with van der Waals surface area (Å²) in [6, 6.07) is 7.13. The van der Waals surface area contributed by atoms with Gasteiger partial charge in [0.15, 0.2) is 0 Å². The highest BCUT2D eigenvalue weighted by atomic mass is 16.4. The zero-order valence-corrected chi connectivity index (χ0v) is 10.6. The van der Waals surface area contributed by atoms with E-state index in [4.69, 9.17) is 5.11 Å². The zero-order chi connectivity index (χ0) is 13.7. The molecule has 19 heavy (non-hydrogen) atoms. The van der Waals surface area contributed by atoms with E-state index in [1.807, 2.05) is 19.1 Å². The Morgan fingerprint density at radius 3 is 2.68 bits per heavy atom. The summed E-state index contributed by atoms with van der Waals surface area (Å²) < 4.78 is 0. The molecular weight excluding hydrogens is 242 g/mol. The molecule has 0 aliphatic rings. The fraction of sp³-hybridized carbons (Fsp3) is 0.214. The highest BCUT2D eigenvalue weighted by Crippen LogP contribution is 2.13. The molecule has 0 amide bonds. The lowest BCUT2D eigenvalue weighted by atomic mass is 10.2. The number of carboxylic acids is 1. The smallest absolute Gasteiger partial charge is 0.339 e. The summed E-state index contributed by atoms with van der Waals surface area (Å²) in [5.41, 5.74) is 2.13. The normalized spacial score (nSPS) is 10.2. The van der Waals surface area contributed by atoms with Crippen LogP contribution in [0.1, 0.15) is 21.6 Å². The van der Waals surface area contributed by atoms with Gasteiger partial charge < -0.3 is 10.4 Å². The SMILES string of the molecule is Cc1ccc(C(=O)O)c(NCCc2ccncc2)n1. The van der Waals surface area contributed by atoms with Crippen molar-refractivity contribution in [1.82, 2.24) is 9.97 Å². The third-order valence-electron chi connectivity index (χ3n) is 2.72. The number of aromatic carboxylic acids is 1. The van der Waals surface area contributed by atoms with Crippen molar-refractivity contribution >= 4 is 11.8 Å². The predicted octanol–water partition coefficient (Wildman–Crippen LogP) is 2.14. The third-order valence-corrected chi connectivity index (χ3v) is 2.72. The number of anilines is 1. The molecule has 0 fully saturated rings. The van der Waals surface area contributed by atoms with Gasteiger partial charge >= 0.3 is 5.97 Å². The van der Waals surface area contributed by atoms with Crippen molar-refractivity contribution in [3.8, 4) is 0 Å². The van der Waals surface area contributed by atoms with Crippen molar-refractivity contribution in [2.75, 3.05) is 11.9 Å². The van der Waals surface area contributed by atoms with Crippen LogP contribution in [0.25, 0.3) is 0 Å². The third kappa shape index (κ3) is 3.51. The molecule has 0 saturated heterocycles. The number of pyridine rings is 2. The maximum absolute atomic E-state index is 11.1. The van der Waals surface area contributed by atoms with E-state index in [0.29, 0.717) is 12.4 Å². The van der Waals surface area contributed by atoms with Crippen LogP contribution in [0.15, 0.2) is 36.7 Å². The first-order valence-electron chi connectivity index (χ1n) is 6.00. The number of rotatable bonds is 5. The van der Waals surface area contributed by atoms with Crippen LogP contribution in [0.3, 0.4) is 0 Å². The summed E-state index contributed by atoms with van der Waals surface area (Å²) in [6.07, 6.45) is 4.27. The van der Waals surface area contributed by atoms with E-state index in [2.05, 4.69) is 15.3 Å². The van der Waals surface area contributed by atoms with Crippen LogP contribution in [-0.2, 0) is 6.42 Å². The summed E-state index contributed by atoms with van der Waals surface area (Å²) in [4.78, 5) is 19.2. The van der Waals surface area contributed by atoms with Crippen molar-refractivity contribution in [3.63, 3.8) is 0 Å². The summed E-state index contributed by atoms with van der Waals surface area (Å²) in [5.74, 6) is -0.555. The van der Waals surface area contributed by atoms with Gasteiger partial charge in [0, 0.05) is 24.6 Å². The molecule has 5 nitrogen and oxygen atoms in total. The highest BCUT2D eigenvalue weighted by molar-refractivity contribution is 5.93. The number of carbonyl (C=O) groups is 1. The Balaban J connectivity index is 2.03. The van der Waals surface area contributed by atoms with Crippen LogP contribution in [0.5, 0.6) is 0 Å². The number of nitrogens with zero attached hydrogens (tertiary/aromatic N) is 2. The van der Waals surface area contributed by atoms with Gasteiger partial charge in [0.2, 0.25) is 0 Å². The number of carboxylic acid groups (broad SMARTS) is 1. The summed E-state index contributed by atoms with van der Waals surface area (Å²) in [5, 5.41) is 12.2. The van der Waals surface area contributed by atoms with Crippen LogP contribution in [0.2, 0.25) is 0 Å². The van der Waals surface area contributed by atoms with Crippen LogP contribution >= 0.6 is 0 Å². The Bertz CT molecular complexity index is 570. The van der Waals surface area contributed by atoms with Crippen molar-refractivity contribution < 1.29 is 9.90 Å². The molecule has 2 rings (SSSR count). The van der Waals surface area contributed by atoms with Gasteiger partial charge in [0.05, 0.1) is 0 Å². The Hall–Kier alpha value is -2.43. The minimum atomic E-state index is -0.973. The van der Waals surface area contributed by atoms with Gasteiger partial charge in [-0.15, -0.1) is 0 Å². The first-order valence-corrected chi connectivity index (χ1v) is 6.00. The fourth-order valence-electron chi connectivity index (χ4n) is 1.74. The molecule has 2 aromatic rings. The van der Waals surface area contributed by atoms with Gasteiger partial charge in [-0.25, -0.2) is 9.78 Å². The Labute approximate surface area is 111 Å². The second kappa shape index (κ2) is 5.95. The molecule has 0 aliphatic heterocycles. The molecule has 2 heterocycles. The Morgan fingerprint density at radius 2 is 2.00 bits per heavy atom. The second-order valence-corrected chi connectivity index (χ2v) is 4.19. The zero-order valence-electron chi connectivity index (χ0n) is 10.6. The monoisotopic (exact) mass is 257 g/mol. The molecule has 0 atom stereocenters. The molecule has 0 spiro atoms.